The number of allylic oxidation sites excluding steroid dienone is 1. The minimum atomic E-state index is -1.52. The van der Waals surface area contributed by atoms with Crippen LogP contribution in [0.1, 0.15) is 5.56 Å². The van der Waals surface area contributed by atoms with Gasteiger partial charge in [0.2, 0.25) is 5.91 Å². The molecule has 2 aromatic rings. The molecule has 0 heterocycles. The Kier molecular flexibility index (Phi) is 6.67. The zero-order chi connectivity index (χ0) is 19.8. The fourth-order valence-corrected chi connectivity index (χ4v) is 2.20. The Morgan fingerprint density at radius 1 is 1.15 bits per heavy atom. The molecule has 0 bridgehead atoms. The topological polar surface area (TPSA) is 88.4 Å². The van der Waals surface area contributed by atoms with E-state index in [1.54, 1.807) is 36.4 Å². The second kappa shape index (κ2) is 9.15. The first-order chi connectivity index (χ1) is 13.0. The molecule has 0 radical (unpaired) electrons. The number of ether oxygens (including phenoxy) is 2. The van der Waals surface area contributed by atoms with Gasteiger partial charge >= 0.3 is 0 Å². The van der Waals surface area contributed by atoms with Crippen molar-refractivity contribution in [3.05, 3.63) is 59.9 Å². The quantitative estimate of drug-likeness (QED) is 0.599. The summed E-state index contributed by atoms with van der Waals surface area (Å²) in [5.74, 6) is -2.88. The summed E-state index contributed by atoms with van der Waals surface area (Å²) in [6.07, 6.45) is 2.40. The average molecular weight is 368 g/mol. The lowest BCUT2D eigenvalue weighted by Gasteiger charge is -2.08. The van der Waals surface area contributed by atoms with Crippen LogP contribution in [0.15, 0.2) is 48.5 Å². The maximum absolute atomic E-state index is 13.7. The van der Waals surface area contributed by atoms with Gasteiger partial charge in [0.1, 0.15) is 5.75 Å². The number of benzene rings is 2. The highest BCUT2D eigenvalue weighted by Gasteiger charge is 2.24. The van der Waals surface area contributed by atoms with E-state index >= 15 is 0 Å². The van der Waals surface area contributed by atoms with Crippen molar-refractivity contribution < 1.29 is 23.5 Å². The Labute approximate surface area is 155 Å². The van der Waals surface area contributed by atoms with Crippen LogP contribution in [0.25, 0.3) is 6.08 Å². The van der Waals surface area contributed by atoms with Crippen molar-refractivity contribution in [1.29, 1.82) is 5.26 Å². The molecule has 0 saturated heterocycles. The first-order valence-electron chi connectivity index (χ1n) is 7.88. The number of hydrogen-bond acceptors (Lipinski definition) is 5. The van der Waals surface area contributed by atoms with E-state index < -0.39 is 23.4 Å². The molecule has 6 nitrogen and oxygen atoms in total. The second-order valence-corrected chi connectivity index (χ2v) is 5.41. The van der Waals surface area contributed by atoms with Crippen LogP contribution in [0.5, 0.6) is 11.5 Å². The van der Waals surface area contributed by atoms with Gasteiger partial charge in [-0.2, -0.15) is 5.26 Å². The highest BCUT2D eigenvalue weighted by molar-refractivity contribution is 6.14. The Balaban J connectivity index is 2.06. The second-order valence-electron chi connectivity index (χ2n) is 5.41. The van der Waals surface area contributed by atoms with Gasteiger partial charge < -0.3 is 14.8 Å². The largest absolute Gasteiger partial charge is 0.497 e. The van der Waals surface area contributed by atoms with Crippen LogP contribution in [0.3, 0.4) is 0 Å². The van der Waals surface area contributed by atoms with Crippen LogP contribution in [0, 0.1) is 23.1 Å². The standard InChI is InChI=1S/C20H17FN2O4/c1-26-15-7-5-14(6-8-15)23-20(25)16(12-22)18(24)9-3-13-4-10-19(27-2)17(21)11-13/h3-11,16H,1-2H3,(H,23,25)/b9-3+. The van der Waals surface area contributed by atoms with Gasteiger partial charge in [-0.05, 0) is 48.0 Å². The van der Waals surface area contributed by atoms with E-state index in [1.807, 2.05) is 0 Å². The zero-order valence-corrected chi connectivity index (χ0v) is 14.7. The van der Waals surface area contributed by atoms with E-state index in [9.17, 15) is 19.2 Å². The summed E-state index contributed by atoms with van der Waals surface area (Å²) in [6, 6.07) is 12.3. The summed E-state index contributed by atoms with van der Waals surface area (Å²) >= 11 is 0. The van der Waals surface area contributed by atoms with E-state index in [2.05, 4.69) is 5.32 Å². The predicted octanol–water partition coefficient (Wildman–Crippen LogP) is 3.20. The molecule has 2 aromatic carbocycles. The number of hydrogen-bond donors (Lipinski definition) is 1. The molecule has 2 rings (SSSR count). The zero-order valence-electron chi connectivity index (χ0n) is 14.7. The summed E-state index contributed by atoms with van der Waals surface area (Å²) in [5, 5.41) is 11.7. The molecular formula is C20H17FN2O4. The maximum Gasteiger partial charge on any atom is 0.249 e. The number of nitrogens with zero attached hydrogens (tertiary/aromatic N) is 1. The molecule has 1 amide bonds. The Morgan fingerprint density at radius 2 is 1.85 bits per heavy atom. The molecule has 0 aromatic heterocycles. The molecule has 1 atom stereocenters. The molecule has 0 aliphatic carbocycles. The van der Waals surface area contributed by atoms with Crippen molar-refractivity contribution in [2.45, 2.75) is 0 Å². The van der Waals surface area contributed by atoms with Gasteiger partial charge in [-0.15, -0.1) is 0 Å². The number of rotatable bonds is 7. The summed E-state index contributed by atoms with van der Waals surface area (Å²) in [5.41, 5.74) is 0.823. The molecule has 27 heavy (non-hydrogen) atoms. The molecule has 0 spiro atoms. The van der Waals surface area contributed by atoms with Gasteiger partial charge in [-0.3, -0.25) is 9.59 Å². The lowest BCUT2D eigenvalue weighted by molar-refractivity contribution is -0.126. The maximum atomic E-state index is 13.7. The van der Waals surface area contributed by atoms with Gasteiger partial charge in [-0.25, -0.2) is 4.39 Å². The van der Waals surface area contributed by atoms with Crippen LogP contribution in [0.4, 0.5) is 10.1 Å². The predicted molar refractivity (Wildman–Crippen MR) is 97.7 cm³/mol. The summed E-state index contributed by atoms with van der Waals surface area (Å²) in [4.78, 5) is 24.4. The van der Waals surface area contributed by atoms with Gasteiger partial charge in [0, 0.05) is 5.69 Å². The number of ketones is 1. The van der Waals surface area contributed by atoms with Crippen LogP contribution in [-0.4, -0.2) is 25.9 Å². The number of methoxy groups -OCH3 is 2. The summed E-state index contributed by atoms with van der Waals surface area (Å²) in [6.45, 7) is 0. The van der Waals surface area contributed by atoms with Crippen molar-refractivity contribution in [3.63, 3.8) is 0 Å². The summed E-state index contributed by atoms with van der Waals surface area (Å²) < 4.78 is 23.5. The van der Waals surface area contributed by atoms with Crippen LogP contribution in [0.2, 0.25) is 0 Å². The molecule has 138 valence electrons. The highest BCUT2D eigenvalue weighted by Crippen LogP contribution is 2.19. The Hall–Kier alpha value is -3.66. The van der Waals surface area contributed by atoms with Crippen molar-refractivity contribution in [1.82, 2.24) is 0 Å². The third kappa shape index (κ3) is 5.16. The number of anilines is 1. The molecule has 1 N–H and O–H groups in total. The van der Waals surface area contributed by atoms with Gasteiger partial charge in [0.05, 0.1) is 20.3 Å². The molecule has 0 aliphatic heterocycles. The minimum absolute atomic E-state index is 0.0762. The normalized spacial score (nSPS) is 11.5. The third-order valence-electron chi connectivity index (χ3n) is 3.65. The van der Waals surface area contributed by atoms with E-state index in [0.717, 1.165) is 6.08 Å². The van der Waals surface area contributed by atoms with Gasteiger partial charge in [0.15, 0.2) is 23.3 Å². The van der Waals surface area contributed by atoms with E-state index in [-0.39, 0.29) is 5.75 Å². The number of carbonyl (C=O) groups excluding carboxylic acids is 2. The van der Waals surface area contributed by atoms with Gasteiger partial charge in [0.25, 0.3) is 0 Å². The lowest BCUT2D eigenvalue weighted by atomic mass is 10.0. The minimum Gasteiger partial charge on any atom is -0.497 e. The van der Waals surface area contributed by atoms with Crippen molar-refractivity contribution in [2.75, 3.05) is 19.5 Å². The SMILES string of the molecule is COc1ccc(NC(=O)C(C#N)C(=O)/C=C/c2ccc(OC)c(F)c2)cc1. The number of halogens is 1. The van der Waals surface area contributed by atoms with Crippen molar-refractivity contribution in [3.8, 4) is 17.6 Å². The number of nitriles is 1. The van der Waals surface area contributed by atoms with Crippen LogP contribution in [-0.2, 0) is 9.59 Å². The van der Waals surface area contributed by atoms with E-state index in [1.165, 1.54) is 32.4 Å². The molecule has 0 fully saturated rings. The first kappa shape index (κ1) is 19.7. The fourth-order valence-electron chi connectivity index (χ4n) is 2.20. The average Bonchev–Trinajstić information content (AvgIpc) is 2.67. The lowest BCUT2D eigenvalue weighted by Crippen LogP contribution is -2.27. The molecule has 7 heteroatoms. The van der Waals surface area contributed by atoms with Crippen LogP contribution >= 0.6 is 0 Å². The van der Waals surface area contributed by atoms with Gasteiger partial charge in [-0.1, -0.05) is 12.1 Å². The number of nitrogens with one attached hydrogen (secondary N) is 1. The van der Waals surface area contributed by atoms with E-state index in [0.29, 0.717) is 17.0 Å². The Morgan fingerprint density at radius 3 is 2.41 bits per heavy atom. The van der Waals surface area contributed by atoms with Crippen LogP contribution < -0.4 is 14.8 Å². The summed E-state index contributed by atoms with van der Waals surface area (Å²) in [7, 11) is 2.86. The molecule has 0 saturated carbocycles. The first-order valence-corrected chi connectivity index (χ1v) is 7.88. The third-order valence-corrected chi connectivity index (χ3v) is 3.65. The van der Waals surface area contributed by atoms with Crippen molar-refractivity contribution >= 4 is 23.5 Å². The monoisotopic (exact) mass is 368 g/mol. The Bertz CT molecular complexity index is 901. The smallest absolute Gasteiger partial charge is 0.249 e. The number of carbonyl (C=O) groups is 2. The fraction of sp³-hybridized carbons (Fsp3) is 0.150. The highest BCUT2D eigenvalue weighted by atomic mass is 19.1. The van der Waals surface area contributed by atoms with Crippen molar-refractivity contribution in [2.24, 2.45) is 5.92 Å². The number of amides is 1. The molecule has 1 unspecified atom stereocenters. The molecular weight excluding hydrogens is 351 g/mol. The van der Waals surface area contributed by atoms with E-state index in [4.69, 9.17) is 9.47 Å². The molecule has 0 aliphatic rings.